The molecule has 1 N–H and O–H groups in total. The molecule has 0 aliphatic rings. The Morgan fingerprint density at radius 1 is 0.925 bits per heavy atom. The van der Waals surface area contributed by atoms with E-state index in [1.54, 1.807) is 18.2 Å². The molecule has 214 valence electrons. The van der Waals surface area contributed by atoms with Gasteiger partial charge in [-0.15, -0.1) is 0 Å². The van der Waals surface area contributed by atoms with Crippen molar-refractivity contribution in [1.29, 1.82) is 0 Å². The summed E-state index contributed by atoms with van der Waals surface area (Å²) in [7, 11) is -2.70. The molecular weight excluding hydrogens is 593 g/mol. The molecule has 7 nitrogen and oxygen atoms in total. The molecule has 0 aliphatic heterocycles. The van der Waals surface area contributed by atoms with Gasteiger partial charge in [-0.3, -0.25) is 9.59 Å². The zero-order chi connectivity index (χ0) is 29.4. The summed E-state index contributed by atoms with van der Waals surface area (Å²) in [6.07, 6.45) is 0.913. The fourth-order valence-electron chi connectivity index (χ4n) is 3.98. The van der Waals surface area contributed by atoms with Gasteiger partial charge in [0.1, 0.15) is 6.04 Å². The first-order valence-corrected chi connectivity index (χ1v) is 15.3. The van der Waals surface area contributed by atoms with Crippen molar-refractivity contribution in [2.24, 2.45) is 0 Å². The van der Waals surface area contributed by atoms with Gasteiger partial charge in [0.25, 0.3) is 0 Å². The third kappa shape index (κ3) is 8.44. The highest BCUT2D eigenvalue weighted by atomic mass is 35.5. The monoisotopic (exact) mass is 623 g/mol. The van der Waals surface area contributed by atoms with E-state index in [0.29, 0.717) is 27.1 Å². The smallest absolute Gasteiger partial charge is 0.243 e. The largest absolute Gasteiger partial charge is 0.352 e. The van der Waals surface area contributed by atoms with Crippen LogP contribution in [-0.2, 0) is 32.6 Å². The molecule has 0 spiro atoms. The van der Waals surface area contributed by atoms with E-state index in [2.05, 4.69) is 5.32 Å². The van der Waals surface area contributed by atoms with Gasteiger partial charge in [0.05, 0.1) is 11.4 Å². The Kier molecular flexibility index (Phi) is 11.4. The lowest BCUT2D eigenvalue weighted by Gasteiger charge is -2.33. The second-order valence-electron chi connectivity index (χ2n) is 9.50. The molecule has 2 atom stereocenters. The van der Waals surface area contributed by atoms with Gasteiger partial charge in [-0.05, 0) is 60.9 Å². The summed E-state index contributed by atoms with van der Waals surface area (Å²) in [4.78, 5) is 28.9. The maximum atomic E-state index is 13.9. The van der Waals surface area contributed by atoms with Crippen molar-refractivity contribution >= 4 is 56.6 Å². The third-order valence-corrected chi connectivity index (χ3v) is 9.16. The van der Waals surface area contributed by atoms with E-state index >= 15 is 0 Å². The van der Waals surface area contributed by atoms with Gasteiger partial charge in [-0.1, -0.05) is 78.1 Å². The van der Waals surface area contributed by atoms with Crippen LogP contribution >= 0.6 is 34.8 Å². The number of benzene rings is 3. The number of amides is 2. The minimum atomic E-state index is -4.02. The van der Waals surface area contributed by atoms with Crippen molar-refractivity contribution < 1.29 is 18.0 Å². The quantitative estimate of drug-likeness (QED) is 0.275. The highest BCUT2D eigenvalue weighted by Crippen LogP contribution is 2.25. The Balaban J connectivity index is 2.01. The third-order valence-electron chi connectivity index (χ3n) is 6.51. The van der Waals surface area contributed by atoms with Gasteiger partial charge in [0, 0.05) is 41.1 Å². The minimum Gasteiger partial charge on any atom is -0.352 e. The predicted molar refractivity (Wildman–Crippen MR) is 160 cm³/mol. The molecule has 0 radical (unpaired) electrons. The van der Waals surface area contributed by atoms with Crippen LogP contribution in [0.2, 0.25) is 15.1 Å². The van der Waals surface area contributed by atoms with E-state index in [0.717, 1.165) is 9.87 Å². The van der Waals surface area contributed by atoms with Gasteiger partial charge in [-0.2, -0.15) is 4.31 Å². The number of sulfonamides is 1. The maximum absolute atomic E-state index is 13.9. The number of rotatable bonds is 12. The van der Waals surface area contributed by atoms with E-state index in [9.17, 15) is 18.0 Å². The normalized spacial score (nSPS) is 13.1. The number of hydrogen-bond acceptors (Lipinski definition) is 4. The van der Waals surface area contributed by atoms with Crippen LogP contribution in [-0.4, -0.2) is 55.1 Å². The Labute approximate surface area is 251 Å². The summed E-state index contributed by atoms with van der Waals surface area (Å²) < 4.78 is 27.4. The van der Waals surface area contributed by atoms with E-state index < -0.39 is 28.5 Å². The number of likely N-dealkylation sites (N-methyl/N-ethyl adjacent to an activating group) is 1. The summed E-state index contributed by atoms with van der Waals surface area (Å²) in [5.74, 6) is -0.911. The lowest BCUT2D eigenvalue weighted by Crippen LogP contribution is -2.54. The second kappa shape index (κ2) is 14.3. The summed E-state index contributed by atoms with van der Waals surface area (Å²) in [5, 5.41) is 4.12. The van der Waals surface area contributed by atoms with Crippen LogP contribution in [0.25, 0.3) is 0 Å². The van der Waals surface area contributed by atoms with Crippen molar-refractivity contribution in [3.05, 3.63) is 99.0 Å². The van der Waals surface area contributed by atoms with Crippen LogP contribution in [0.4, 0.5) is 0 Å². The number of hydrogen-bond donors (Lipinski definition) is 1. The van der Waals surface area contributed by atoms with Crippen molar-refractivity contribution in [3.8, 4) is 0 Å². The summed E-state index contributed by atoms with van der Waals surface area (Å²) in [5.41, 5.74) is 1.41. The fraction of sp³-hybridized carbons (Fsp3) is 0.310. The lowest BCUT2D eigenvalue weighted by atomic mass is 10.0. The van der Waals surface area contributed by atoms with Gasteiger partial charge in [0.15, 0.2) is 0 Å². The molecular formula is C29H32Cl3N3O4S. The molecule has 0 aromatic heterocycles. The van der Waals surface area contributed by atoms with Gasteiger partial charge in [-0.25, -0.2) is 8.42 Å². The molecule has 3 aromatic rings. The molecule has 0 saturated heterocycles. The van der Waals surface area contributed by atoms with Gasteiger partial charge >= 0.3 is 0 Å². The molecule has 3 aromatic carbocycles. The summed E-state index contributed by atoms with van der Waals surface area (Å²) in [6, 6.07) is 18.8. The summed E-state index contributed by atoms with van der Waals surface area (Å²) >= 11 is 18.5. The molecule has 0 heterocycles. The molecule has 0 bridgehead atoms. The number of carbonyl (C=O) groups is 2. The molecule has 0 aliphatic carbocycles. The molecule has 40 heavy (non-hydrogen) atoms. The van der Waals surface area contributed by atoms with Gasteiger partial charge < -0.3 is 10.2 Å². The Hall–Kier alpha value is -2.62. The fourth-order valence-corrected chi connectivity index (χ4v) is 5.70. The van der Waals surface area contributed by atoms with Crippen LogP contribution < -0.4 is 5.32 Å². The topological polar surface area (TPSA) is 86.8 Å². The Bertz CT molecular complexity index is 1420. The number of nitrogens with one attached hydrogen (secondary N) is 1. The van der Waals surface area contributed by atoms with Crippen LogP contribution in [0.5, 0.6) is 0 Å². The van der Waals surface area contributed by atoms with E-state index in [1.165, 1.54) is 36.2 Å². The van der Waals surface area contributed by atoms with E-state index in [4.69, 9.17) is 34.8 Å². The maximum Gasteiger partial charge on any atom is 0.243 e. The SMILES string of the molecule is CC[C@H](C)NC(=O)[C@@H](Cc1ccccc1)N(Cc1ccc(Cl)cc1Cl)C(=O)CN(C)S(=O)(=O)c1ccc(Cl)cc1. The molecule has 0 unspecified atom stereocenters. The Morgan fingerprint density at radius 2 is 1.55 bits per heavy atom. The van der Waals surface area contributed by atoms with Crippen molar-refractivity contribution in [2.45, 2.75) is 50.2 Å². The Morgan fingerprint density at radius 3 is 2.15 bits per heavy atom. The zero-order valence-electron chi connectivity index (χ0n) is 22.5. The first kappa shape index (κ1) is 31.9. The van der Waals surface area contributed by atoms with Crippen molar-refractivity contribution in [2.75, 3.05) is 13.6 Å². The molecule has 2 amide bonds. The molecule has 0 fully saturated rings. The summed E-state index contributed by atoms with van der Waals surface area (Å²) in [6.45, 7) is 3.30. The zero-order valence-corrected chi connectivity index (χ0v) is 25.6. The average Bonchev–Trinajstić information content (AvgIpc) is 2.92. The van der Waals surface area contributed by atoms with Crippen molar-refractivity contribution in [3.63, 3.8) is 0 Å². The molecule has 0 saturated carbocycles. The van der Waals surface area contributed by atoms with Crippen LogP contribution in [0, 0.1) is 0 Å². The second-order valence-corrected chi connectivity index (χ2v) is 12.8. The molecule has 11 heteroatoms. The number of nitrogens with zero attached hydrogens (tertiary/aromatic N) is 2. The number of halogens is 3. The highest BCUT2D eigenvalue weighted by molar-refractivity contribution is 7.89. The first-order valence-electron chi connectivity index (χ1n) is 12.7. The van der Waals surface area contributed by atoms with Crippen LogP contribution in [0.3, 0.4) is 0 Å². The standard InChI is InChI=1S/C29H32Cl3N3O4S/c1-4-20(2)33-29(37)27(16-21-8-6-5-7-9-21)35(18-22-10-11-24(31)17-26(22)32)28(36)19-34(3)40(38,39)25-14-12-23(30)13-15-25/h5-15,17,20,27H,4,16,18-19H2,1-3H3,(H,33,37)/t20-,27+/m0/s1. The van der Waals surface area contributed by atoms with Crippen molar-refractivity contribution in [1.82, 2.24) is 14.5 Å². The predicted octanol–water partition coefficient (Wildman–Crippen LogP) is 5.82. The van der Waals surface area contributed by atoms with Crippen LogP contribution in [0.15, 0.2) is 77.7 Å². The van der Waals surface area contributed by atoms with E-state index in [1.807, 2.05) is 44.2 Å². The first-order chi connectivity index (χ1) is 18.9. The molecule has 3 rings (SSSR count). The number of carbonyl (C=O) groups excluding carboxylic acids is 2. The minimum absolute atomic E-state index is 0.00477. The highest BCUT2D eigenvalue weighted by Gasteiger charge is 2.33. The van der Waals surface area contributed by atoms with Crippen LogP contribution in [0.1, 0.15) is 31.4 Å². The van der Waals surface area contributed by atoms with Gasteiger partial charge in [0.2, 0.25) is 21.8 Å². The lowest BCUT2D eigenvalue weighted by molar-refractivity contribution is -0.141. The van der Waals surface area contributed by atoms with E-state index in [-0.39, 0.29) is 29.8 Å². The average molecular weight is 625 g/mol.